The molecule has 0 spiro atoms. The highest BCUT2D eigenvalue weighted by Gasteiger charge is 1.99. The van der Waals surface area contributed by atoms with E-state index in [4.69, 9.17) is 17.3 Å². The van der Waals surface area contributed by atoms with Crippen LogP contribution >= 0.6 is 12.2 Å². The van der Waals surface area contributed by atoms with Crippen LogP contribution in [0.25, 0.3) is 0 Å². The number of thiocarbonyl (C=S) groups is 1. The maximum Gasteiger partial charge on any atom is 0.0476 e. The molecular weight excluding hydrogens is 120 g/mol. The Kier molecular flexibility index (Phi) is 4.01. The molecule has 0 amide bonds. The average molecular weight is 132 g/mol. The summed E-state index contributed by atoms with van der Waals surface area (Å²) >= 11 is 4.92. The summed E-state index contributed by atoms with van der Waals surface area (Å²) in [6.45, 7) is 4.27. The van der Waals surface area contributed by atoms with Crippen LogP contribution in [0, 0.1) is 5.92 Å². The summed E-state index contributed by atoms with van der Waals surface area (Å²) < 4.78 is 0. The summed E-state index contributed by atoms with van der Waals surface area (Å²) in [6.07, 6.45) is 0.674. The highest BCUT2D eigenvalue weighted by Crippen LogP contribution is 1.99. The van der Waals surface area contributed by atoms with Crippen LogP contribution in [-0.4, -0.2) is 16.6 Å². The van der Waals surface area contributed by atoms with Crippen molar-refractivity contribution < 1.29 is 5.11 Å². The molecule has 0 aromatic rings. The van der Waals surface area contributed by atoms with Gasteiger partial charge in [0.1, 0.15) is 0 Å². The second-order valence-electron chi connectivity index (χ2n) is 2.09. The Labute approximate surface area is 55.7 Å². The molecule has 1 nitrogen and oxygen atoms in total. The van der Waals surface area contributed by atoms with E-state index < -0.39 is 0 Å². The Morgan fingerprint density at radius 3 is 2.25 bits per heavy atom. The first-order valence-corrected chi connectivity index (χ1v) is 3.23. The standard InChI is InChI=1S/C6H12OS/c1-5(2)6(8)3-4-7/h5,7H,3-4H2,1-2H3. The monoisotopic (exact) mass is 132 g/mol. The van der Waals surface area contributed by atoms with Gasteiger partial charge in [-0.25, -0.2) is 0 Å². The van der Waals surface area contributed by atoms with Gasteiger partial charge in [0, 0.05) is 13.0 Å². The lowest BCUT2D eigenvalue weighted by Crippen LogP contribution is -2.05. The molecule has 48 valence electrons. The van der Waals surface area contributed by atoms with Crippen LogP contribution in [0.5, 0.6) is 0 Å². The van der Waals surface area contributed by atoms with E-state index in [0.717, 1.165) is 4.86 Å². The summed E-state index contributed by atoms with van der Waals surface area (Å²) in [5.41, 5.74) is 0. The van der Waals surface area contributed by atoms with Crippen LogP contribution in [0.4, 0.5) is 0 Å². The Balaban J connectivity index is 3.33. The number of hydrogen-bond donors (Lipinski definition) is 1. The van der Waals surface area contributed by atoms with Gasteiger partial charge in [-0.05, 0) is 10.8 Å². The van der Waals surface area contributed by atoms with Crippen molar-refractivity contribution in [3.63, 3.8) is 0 Å². The zero-order valence-corrected chi connectivity index (χ0v) is 6.16. The molecule has 0 bridgehead atoms. The predicted octanol–water partition coefficient (Wildman–Crippen LogP) is 1.39. The van der Waals surface area contributed by atoms with Gasteiger partial charge < -0.3 is 5.11 Å². The Morgan fingerprint density at radius 1 is 1.62 bits per heavy atom. The van der Waals surface area contributed by atoms with Gasteiger partial charge >= 0.3 is 0 Å². The molecule has 0 atom stereocenters. The summed E-state index contributed by atoms with van der Waals surface area (Å²) in [5.74, 6) is 0.442. The normalized spacial score (nSPS) is 10.0. The molecule has 1 N–H and O–H groups in total. The van der Waals surface area contributed by atoms with Crippen LogP contribution in [0.3, 0.4) is 0 Å². The molecular formula is C6H12OS. The third-order valence-corrected chi connectivity index (χ3v) is 1.68. The van der Waals surface area contributed by atoms with Crippen molar-refractivity contribution >= 4 is 17.1 Å². The molecule has 0 saturated heterocycles. The predicted molar refractivity (Wildman–Crippen MR) is 39.1 cm³/mol. The van der Waals surface area contributed by atoms with Crippen LogP contribution in [-0.2, 0) is 0 Å². The summed E-state index contributed by atoms with van der Waals surface area (Å²) in [6, 6.07) is 0. The Morgan fingerprint density at radius 2 is 2.12 bits per heavy atom. The molecule has 0 aromatic heterocycles. The van der Waals surface area contributed by atoms with Gasteiger partial charge in [0.05, 0.1) is 0 Å². The first-order valence-electron chi connectivity index (χ1n) is 2.82. The zero-order valence-electron chi connectivity index (χ0n) is 5.35. The van der Waals surface area contributed by atoms with Gasteiger partial charge in [-0.15, -0.1) is 0 Å². The SMILES string of the molecule is CC(C)C(=S)CCO. The largest absolute Gasteiger partial charge is 0.396 e. The van der Waals surface area contributed by atoms with Gasteiger partial charge in [-0.2, -0.15) is 0 Å². The van der Waals surface area contributed by atoms with E-state index in [9.17, 15) is 0 Å². The Bertz CT molecular complexity index is 78.6. The van der Waals surface area contributed by atoms with E-state index in [2.05, 4.69) is 0 Å². The lowest BCUT2D eigenvalue weighted by atomic mass is 10.1. The second-order valence-corrected chi connectivity index (χ2v) is 2.62. The number of hydrogen-bond acceptors (Lipinski definition) is 2. The van der Waals surface area contributed by atoms with Gasteiger partial charge in [0.25, 0.3) is 0 Å². The fourth-order valence-corrected chi connectivity index (χ4v) is 0.490. The third kappa shape index (κ3) is 3.10. The van der Waals surface area contributed by atoms with Crippen molar-refractivity contribution in [3.05, 3.63) is 0 Å². The van der Waals surface area contributed by atoms with Gasteiger partial charge in [0.2, 0.25) is 0 Å². The van der Waals surface area contributed by atoms with Crippen LogP contribution < -0.4 is 0 Å². The van der Waals surface area contributed by atoms with Crippen LogP contribution in [0.2, 0.25) is 0 Å². The molecule has 0 aliphatic rings. The molecule has 0 radical (unpaired) electrons. The number of aliphatic hydroxyl groups is 1. The smallest absolute Gasteiger partial charge is 0.0476 e. The minimum Gasteiger partial charge on any atom is -0.396 e. The molecule has 8 heavy (non-hydrogen) atoms. The first-order chi connectivity index (χ1) is 3.68. The van der Waals surface area contributed by atoms with Crippen molar-refractivity contribution in [1.29, 1.82) is 0 Å². The maximum atomic E-state index is 8.40. The van der Waals surface area contributed by atoms with Crippen molar-refractivity contribution in [2.45, 2.75) is 20.3 Å². The van der Waals surface area contributed by atoms with Gasteiger partial charge in [-0.3, -0.25) is 0 Å². The van der Waals surface area contributed by atoms with E-state index >= 15 is 0 Å². The van der Waals surface area contributed by atoms with Gasteiger partial charge in [-0.1, -0.05) is 26.1 Å². The number of aliphatic hydroxyl groups excluding tert-OH is 1. The van der Waals surface area contributed by atoms with Crippen molar-refractivity contribution in [2.75, 3.05) is 6.61 Å². The molecule has 0 rings (SSSR count). The first kappa shape index (κ1) is 8.05. The minimum absolute atomic E-state index is 0.191. The minimum atomic E-state index is 0.191. The maximum absolute atomic E-state index is 8.40. The molecule has 0 aliphatic carbocycles. The molecule has 0 heterocycles. The summed E-state index contributed by atoms with van der Waals surface area (Å²) in [7, 11) is 0. The fourth-order valence-electron chi connectivity index (χ4n) is 0.399. The van der Waals surface area contributed by atoms with Crippen LogP contribution in [0.15, 0.2) is 0 Å². The molecule has 0 fully saturated rings. The molecule has 0 saturated carbocycles. The molecule has 0 aliphatic heterocycles. The number of rotatable bonds is 3. The molecule has 0 unspecified atom stereocenters. The lowest BCUT2D eigenvalue weighted by Gasteiger charge is -2.02. The summed E-state index contributed by atoms with van der Waals surface area (Å²) in [5, 5.41) is 8.40. The molecule has 2 heteroatoms. The quantitative estimate of drug-likeness (QED) is 0.586. The summed E-state index contributed by atoms with van der Waals surface area (Å²) in [4.78, 5) is 0.965. The van der Waals surface area contributed by atoms with E-state index in [1.807, 2.05) is 13.8 Å². The zero-order chi connectivity index (χ0) is 6.57. The van der Waals surface area contributed by atoms with E-state index in [1.54, 1.807) is 0 Å². The van der Waals surface area contributed by atoms with Gasteiger partial charge in [0.15, 0.2) is 0 Å². The molecule has 0 aromatic carbocycles. The average Bonchev–Trinajstić information content (AvgIpc) is 1.67. The third-order valence-electron chi connectivity index (χ3n) is 1.00. The second kappa shape index (κ2) is 3.98. The highest BCUT2D eigenvalue weighted by molar-refractivity contribution is 7.80. The van der Waals surface area contributed by atoms with E-state index in [0.29, 0.717) is 12.3 Å². The van der Waals surface area contributed by atoms with Crippen molar-refractivity contribution in [3.8, 4) is 0 Å². The topological polar surface area (TPSA) is 20.2 Å². The van der Waals surface area contributed by atoms with Crippen molar-refractivity contribution in [1.82, 2.24) is 0 Å². The van der Waals surface area contributed by atoms with E-state index in [-0.39, 0.29) is 6.61 Å². The van der Waals surface area contributed by atoms with E-state index in [1.165, 1.54) is 0 Å². The Hall–Kier alpha value is 0.0500. The lowest BCUT2D eigenvalue weighted by molar-refractivity contribution is 0.306. The highest BCUT2D eigenvalue weighted by atomic mass is 32.1. The van der Waals surface area contributed by atoms with Crippen molar-refractivity contribution in [2.24, 2.45) is 5.92 Å². The fraction of sp³-hybridized carbons (Fsp3) is 0.833. The van der Waals surface area contributed by atoms with Crippen LogP contribution in [0.1, 0.15) is 20.3 Å².